The molecule has 0 radical (unpaired) electrons. The quantitative estimate of drug-likeness (QED) is 0.843. The van der Waals surface area contributed by atoms with Crippen LogP contribution in [0.5, 0.6) is 0 Å². The number of ether oxygens (including phenoxy) is 1. The van der Waals surface area contributed by atoms with Crippen molar-refractivity contribution in [2.45, 2.75) is 20.0 Å². The van der Waals surface area contributed by atoms with Gasteiger partial charge in [0.1, 0.15) is 10.7 Å². The van der Waals surface area contributed by atoms with Gasteiger partial charge in [-0.25, -0.2) is 4.79 Å². The highest BCUT2D eigenvalue weighted by Crippen LogP contribution is 2.31. The monoisotopic (exact) mass is 279 g/mol. The lowest BCUT2D eigenvalue weighted by molar-refractivity contribution is 0.0530. The first-order valence-electron chi connectivity index (χ1n) is 6.54. The summed E-state index contributed by atoms with van der Waals surface area (Å²) in [5.41, 5.74) is 2.40. The SMILES string of the molecule is CCOC(=O)c1scc2c1CN(CC1=NCCN1)C2. The molecule has 0 amide bonds. The molecule has 2 aliphatic heterocycles. The molecule has 0 atom stereocenters. The van der Waals surface area contributed by atoms with Crippen molar-refractivity contribution in [3.05, 3.63) is 21.4 Å². The van der Waals surface area contributed by atoms with Crippen LogP contribution in [0.25, 0.3) is 0 Å². The summed E-state index contributed by atoms with van der Waals surface area (Å²) in [5, 5.41) is 5.35. The standard InChI is InChI=1S/C13H17N3O2S/c1-2-18-13(17)12-10-6-16(5-9(10)8-19-12)7-11-14-3-4-15-11/h8H,2-7H2,1H3,(H,14,15). The molecule has 0 saturated heterocycles. The number of amidine groups is 1. The maximum absolute atomic E-state index is 11.9. The van der Waals surface area contributed by atoms with Crippen molar-refractivity contribution in [3.63, 3.8) is 0 Å². The van der Waals surface area contributed by atoms with Crippen molar-refractivity contribution >= 4 is 23.1 Å². The summed E-state index contributed by atoms with van der Waals surface area (Å²) in [7, 11) is 0. The fourth-order valence-corrected chi connectivity index (χ4v) is 3.46. The van der Waals surface area contributed by atoms with Crippen molar-refractivity contribution in [1.82, 2.24) is 10.2 Å². The van der Waals surface area contributed by atoms with Gasteiger partial charge in [-0.15, -0.1) is 11.3 Å². The number of thiophene rings is 1. The number of nitrogens with zero attached hydrogens (tertiary/aromatic N) is 2. The van der Waals surface area contributed by atoms with Crippen molar-refractivity contribution in [2.75, 3.05) is 26.2 Å². The van der Waals surface area contributed by atoms with E-state index in [0.717, 1.165) is 49.0 Å². The molecule has 0 fully saturated rings. The van der Waals surface area contributed by atoms with Gasteiger partial charge in [0.2, 0.25) is 0 Å². The summed E-state index contributed by atoms with van der Waals surface area (Å²) in [6.45, 7) is 6.62. The van der Waals surface area contributed by atoms with Crippen LogP contribution in [0.4, 0.5) is 0 Å². The Morgan fingerprint density at radius 1 is 1.58 bits per heavy atom. The van der Waals surface area contributed by atoms with Crippen molar-refractivity contribution in [2.24, 2.45) is 4.99 Å². The number of carbonyl (C=O) groups is 1. The van der Waals surface area contributed by atoms with Crippen LogP contribution in [0, 0.1) is 0 Å². The minimum atomic E-state index is -0.188. The molecule has 1 aromatic heterocycles. The van der Waals surface area contributed by atoms with E-state index in [-0.39, 0.29) is 5.97 Å². The highest BCUT2D eigenvalue weighted by atomic mass is 32.1. The Kier molecular flexibility index (Phi) is 3.52. The second-order valence-electron chi connectivity index (χ2n) is 4.69. The normalized spacial score (nSPS) is 18.1. The van der Waals surface area contributed by atoms with Gasteiger partial charge >= 0.3 is 5.97 Å². The smallest absolute Gasteiger partial charge is 0.348 e. The third kappa shape index (κ3) is 2.50. The van der Waals surface area contributed by atoms with Gasteiger partial charge in [0.05, 0.1) is 19.7 Å². The largest absolute Gasteiger partial charge is 0.462 e. The molecule has 0 saturated carbocycles. The lowest BCUT2D eigenvalue weighted by Gasteiger charge is -2.15. The van der Waals surface area contributed by atoms with Crippen LogP contribution in [0.1, 0.15) is 27.7 Å². The van der Waals surface area contributed by atoms with Gasteiger partial charge in [-0.2, -0.15) is 0 Å². The fraction of sp³-hybridized carbons (Fsp3) is 0.538. The van der Waals surface area contributed by atoms with E-state index in [1.54, 1.807) is 0 Å². The zero-order valence-corrected chi connectivity index (χ0v) is 11.8. The van der Waals surface area contributed by atoms with Crippen molar-refractivity contribution in [3.8, 4) is 0 Å². The molecule has 5 nitrogen and oxygen atoms in total. The van der Waals surface area contributed by atoms with E-state index in [1.807, 2.05) is 6.92 Å². The molecule has 3 heterocycles. The molecule has 6 heteroatoms. The van der Waals surface area contributed by atoms with Crippen LogP contribution < -0.4 is 5.32 Å². The molecule has 3 rings (SSSR count). The number of hydrogen-bond donors (Lipinski definition) is 1. The molecular weight excluding hydrogens is 262 g/mol. The van der Waals surface area contributed by atoms with Gasteiger partial charge in [-0.1, -0.05) is 0 Å². The summed E-state index contributed by atoms with van der Waals surface area (Å²) < 4.78 is 5.10. The Morgan fingerprint density at radius 3 is 3.21 bits per heavy atom. The Morgan fingerprint density at radius 2 is 2.47 bits per heavy atom. The predicted octanol–water partition coefficient (Wildman–Crippen LogP) is 1.24. The minimum absolute atomic E-state index is 0.188. The van der Waals surface area contributed by atoms with E-state index in [2.05, 4.69) is 20.6 Å². The zero-order chi connectivity index (χ0) is 13.2. The van der Waals surface area contributed by atoms with Crippen LogP contribution in [0.15, 0.2) is 10.4 Å². The zero-order valence-electron chi connectivity index (χ0n) is 10.9. The van der Waals surface area contributed by atoms with Gasteiger partial charge in [0, 0.05) is 19.6 Å². The van der Waals surface area contributed by atoms with Gasteiger partial charge in [0.25, 0.3) is 0 Å². The van der Waals surface area contributed by atoms with Gasteiger partial charge in [-0.3, -0.25) is 9.89 Å². The average Bonchev–Trinajstić information content (AvgIpc) is 3.05. The maximum atomic E-state index is 11.9. The van der Waals surface area contributed by atoms with E-state index >= 15 is 0 Å². The van der Waals surface area contributed by atoms with E-state index in [9.17, 15) is 4.79 Å². The van der Waals surface area contributed by atoms with Crippen LogP contribution in [0.2, 0.25) is 0 Å². The number of aliphatic imine (C=N–C) groups is 1. The third-order valence-corrected chi connectivity index (χ3v) is 4.39. The Balaban J connectivity index is 1.68. The molecule has 2 aliphatic rings. The van der Waals surface area contributed by atoms with Crippen molar-refractivity contribution in [1.29, 1.82) is 0 Å². The summed E-state index contributed by atoms with van der Waals surface area (Å²) in [5.74, 6) is 0.874. The second-order valence-corrected chi connectivity index (χ2v) is 5.57. The molecule has 0 bridgehead atoms. The third-order valence-electron chi connectivity index (χ3n) is 3.33. The maximum Gasteiger partial charge on any atom is 0.348 e. The van der Waals surface area contributed by atoms with Crippen LogP contribution in [0.3, 0.4) is 0 Å². The molecule has 0 spiro atoms. The average molecular weight is 279 g/mol. The molecule has 0 aliphatic carbocycles. The lowest BCUT2D eigenvalue weighted by atomic mass is 10.2. The summed E-state index contributed by atoms with van der Waals surface area (Å²) >= 11 is 1.50. The molecule has 1 aromatic rings. The summed E-state index contributed by atoms with van der Waals surface area (Å²) in [6, 6.07) is 0. The van der Waals surface area contributed by atoms with Gasteiger partial charge < -0.3 is 10.1 Å². The molecule has 0 unspecified atom stereocenters. The fourth-order valence-electron chi connectivity index (χ4n) is 2.49. The molecular formula is C13H17N3O2S. The van der Waals surface area contributed by atoms with Gasteiger partial charge in [0.15, 0.2) is 0 Å². The highest BCUT2D eigenvalue weighted by molar-refractivity contribution is 7.12. The van der Waals surface area contributed by atoms with E-state index in [1.165, 1.54) is 16.9 Å². The number of rotatable bonds is 4. The lowest BCUT2D eigenvalue weighted by Crippen LogP contribution is -2.32. The second kappa shape index (κ2) is 5.30. The van der Waals surface area contributed by atoms with Crippen LogP contribution in [-0.2, 0) is 17.8 Å². The molecule has 19 heavy (non-hydrogen) atoms. The number of carbonyl (C=O) groups excluding carboxylic acids is 1. The van der Waals surface area contributed by atoms with Crippen LogP contribution in [-0.4, -0.2) is 42.9 Å². The summed E-state index contributed by atoms with van der Waals surface area (Å²) in [6.07, 6.45) is 0. The van der Waals surface area contributed by atoms with E-state index in [0.29, 0.717) is 6.61 Å². The molecule has 0 aromatic carbocycles. The Hall–Kier alpha value is -1.40. The minimum Gasteiger partial charge on any atom is -0.462 e. The molecule has 1 N–H and O–H groups in total. The van der Waals surface area contributed by atoms with Crippen LogP contribution >= 0.6 is 11.3 Å². The predicted molar refractivity (Wildman–Crippen MR) is 74.7 cm³/mol. The number of fused-ring (bicyclic) bond motifs is 1. The highest BCUT2D eigenvalue weighted by Gasteiger charge is 2.27. The Labute approximate surface area is 116 Å². The Bertz CT molecular complexity index is 524. The topological polar surface area (TPSA) is 53.9 Å². The molecule has 102 valence electrons. The first-order valence-corrected chi connectivity index (χ1v) is 7.41. The van der Waals surface area contributed by atoms with E-state index in [4.69, 9.17) is 4.74 Å². The van der Waals surface area contributed by atoms with Gasteiger partial charge in [-0.05, 0) is 23.4 Å². The van der Waals surface area contributed by atoms with E-state index < -0.39 is 0 Å². The van der Waals surface area contributed by atoms with Crippen molar-refractivity contribution < 1.29 is 9.53 Å². The number of nitrogens with one attached hydrogen (secondary N) is 1. The first kappa shape index (κ1) is 12.6. The first-order chi connectivity index (χ1) is 9.28. The summed E-state index contributed by atoms with van der Waals surface area (Å²) in [4.78, 5) is 19.3. The number of esters is 1. The number of hydrogen-bond acceptors (Lipinski definition) is 6.